The number of Topliss-reactive ketones (excluding diaryl/α,β-unsaturated/α-hetero) is 1. The van der Waals surface area contributed by atoms with Gasteiger partial charge in [-0.05, 0) is 12.8 Å². The molecule has 1 atom stereocenters. The van der Waals surface area contributed by atoms with Gasteiger partial charge in [0.15, 0.2) is 0 Å². The van der Waals surface area contributed by atoms with Crippen LogP contribution in [0, 0.1) is 11.8 Å². The first-order valence-corrected chi connectivity index (χ1v) is 3.59. The predicted molar refractivity (Wildman–Crippen MR) is 41.0 cm³/mol. The maximum Gasteiger partial charge on any atom is 0.316 e. The lowest BCUT2D eigenvalue weighted by atomic mass is 9.92. The van der Waals surface area contributed by atoms with Crippen LogP contribution < -0.4 is 0 Å². The zero-order chi connectivity index (χ0) is 9.02. The van der Waals surface area contributed by atoms with E-state index in [0.29, 0.717) is 0 Å². The molecule has 0 aromatic heterocycles. The van der Waals surface area contributed by atoms with Crippen LogP contribution in [0.15, 0.2) is 0 Å². The lowest BCUT2D eigenvalue weighted by molar-refractivity contribution is -0.150. The predicted octanol–water partition coefficient (Wildman–Crippen LogP) is 1.02. The van der Waals surface area contributed by atoms with E-state index in [1.807, 2.05) is 13.8 Å². The number of hydrogen-bond acceptors (Lipinski definition) is 3. The smallest absolute Gasteiger partial charge is 0.316 e. The summed E-state index contributed by atoms with van der Waals surface area (Å²) in [5.74, 6) is -1.15. The summed E-state index contributed by atoms with van der Waals surface area (Å²) in [5.41, 5.74) is 0. The Kier molecular flexibility index (Phi) is 3.79. The van der Waals surface area contributed by atoms with Gasteiger partial charge < -0.3 is 4.74 Å². The SMILES string of the molecule is COC(=O)C(C(C)=O)C(C)C. The molecule has 0 spiro atoms. The highest BCUT2D eigenvalue weighted by atomic mass is 16.5. The van der Waals surface area contributed by atoms with Gasteiger partial charge in [0.2, 0.25) is 0 Å². The highest BCUT2D eigenvalue weighted by Gasteiger charge is 2.27. The number of carbonyl (C=O) groups excluding carboxylic acids is 2. The Morgan fingerprint density at radius 1 is 1.27 bits per heavy atom. The van der Waals surface area contributed by atoms with E-state index in [2.05, 4.69) is 4.74 Å². The topological polar surface area (TPSA) is 43.4 Å². The molecule has 3 nitrogen and oxygen atoms in total. The highest BCUT2D eigenvalue weighted by Crippen LogP contribution is 2.13. The maximum atomic E-state index is 11.0. The molecule has 0 aliphatic carbocycles. The molecule has 0 amide bonds. The minimum Gasteiger partial charge on any atom is -0.468 e. The quantitative estimate of drug-likeness (QED) is 0.455. The van der Waals surface area contributed by atoms with E-state index in [4.69, 9.17) is 0 Å². The van der Waals surface area contributed by atoms with Crippen molar-refractivity contribution in [3.8, 4) is 0 Å². The van der Waals surface area contributed by atoms with Crippen molar-refractivity contribution in [2.45, 2.75) is 20.8 Å². The van der Waals surface area contributed by atoms with Crippen LogP contribution in [0.4, 0.5) is 0 Å². The van der Waals surface area contributed by atoms with Crippen LogP contribution in [0.25, 0.3) is 0 Å². The Balaban J connectivity index is 4.34. The number of carbonyl (C=O) groups is 2. The Morgan fingerprint density at radius 3 is 1.82 bits per heavy atom. The molecule has 1 unspecified atom stereocenters. The normalized spacial score (nSPS) is 12.8. The van der Waals surface area contributed by atoms with E-state index < -0.39 is 11.9 Å². The summed E-state index contributed by atoms with van der Waals surface area (Å²) in [7, 11) is 1.29. The molecule has 64 valence electrons. The average molecular weight is 158 g/mol. The van der Waals surface area contributed by atoms with Gasteiger partial charge in [0, 0.05) is 0 Å². The molecular formula is C8H14O3. The van der Waals surface area contributed by atoms with Crippen LogP contribution in [0.3, 0.4) is 0 Å². The summed E-state index contributed by atoms with van der Waals surface area (Å²) in [4.78, 5) is 21.8. The van der Waals surface area contributed by atoms with Gasteiger partial charge >= 0.3 is 5.97 Å². The number of methoxy groups -OCH3 is 1. The van der Waals surface area contributed by atoms with Gasteiger partial charge in [-0.2, -0.15) is 0 Å². The second-order valence-electron chi connectivity index (χ2n) is 2.86. The molecule has 0 N–H and O–H groups in total. The standard InChI is InChI=1S/C8H14O3/c1-5(2)7(6(3)9)8(10)11-4/h5,7H,1-4H3. The number of esters is 1. The Bertz CT molecular complexity index is 161. The summed E-state index contributed by atoms with van der Waals surface area (Å²) in [6.07, 6.45) is 0. The molecule has 0 aromatic rings. The van der Waals surface area contributed by atoms with E-state index in [0.717, 1.165) is 0 Å². The van der Waals surface area contributed by atoms with Gasteiger partial charge in [-0.1, -0.05) is 13.8 Å². The largest absolute Gasteiger partial charge is 0.468 e. The summed E-state index contributed by atoms with van der Waals surface area (Å²) in [5, 5.41) is 0. The minimum absolute atomic E-state index is 0.0138. The first-order chi connectivity index (χ1) is 5.00. The van der Waals surface area contributed by atoms with Crippen molar-refractivity contribution in [1.29, 1.82) is 0 Å². The van der Waals surface area contributed by atoms with Gasteiger partial charge in [-0.25, -0.2) is 0 Å². The van der Waals surface area contributed by atoms with Gasteiger partial charge in [-0.3, -0.25) is 9.59 Å². The zero-order valence-electron chi connectivity index (χ0n) is 7.38. The fourth-order valence-corrected chi connectivity index (χ4v) is 1.03. The number of ether oxygens (including phenoxy) is 1. The summed E-state index contributed by atoms with van der Waals surface area (Å²) in [6, 6.07) is 0. The summed E-state index contributed by atoms with van der Waals surface area (Å²) < 4.78 is 4.48. The van der Waals surface area contributed by atoms with Crippen molar-refractivity contribution < 1.29 is 14.3 Å². The van der Waals surface area contributed by atoms with Gasteiger partial charge in [-0.15, -0.1) is 0 Å². The summed E-state index contributed by atoms with van der Waals surface area (Å²) in [6.45, 7) is 5.05. The second kappa shape index (κ2) is 4.11. The minimum atomic E-state index is -0.597. The van der Waals surface area contributed by atoms with E-state index in [-0.39, 0.29) is 11.7 Å². The van der Waals surface area contributed by atoms with Gasteiger partial charge in [0.25, 0.3) is 0 Å². The number of ketones is 1. The fraction of sp³-hybridized carbons (Fsp3) is 0.750. The van der Waals surface area contributed by atoms with E-state index >= 15 is 0 Å². The zero-order valence-corrected chi connectivity index (χ0v) is 7.38. The number of rotatable bonds is 3. The fourth-order valence-electron chi connectivity index (χ4n) is 1.03. The molecule has 0 heterocycles. The third kappa shape index (κ3) is 2.70. The summed E-state index contributed by atoms with van der Waals surface area (Å²) >= 11 is 0. The molecule has 0 aliphatic rings. The van der Waals surface area contributed by atoms with E-state index in [9.17, 15) is 9.59 Å². The van der Waals surface area contributed by atoms with Gasteiger partial charge in [0.1, 0.15) is 11.7 Å². The molecule has 0 aliphatic heterocycles. The van der Waals surface area contributed by atoms with Crippen molar-refractivity contribution in [3.63, 3.8) is 0 Å². The van der Waals surface area contributed by atoms with Crippen molar-refractivity contribution in [2.75, 3.05) is 7.11 Å². The van der Waals surface area contributed by atoms with Crippen molar-refractivity contribution in [1.82, 2.24) is 0 Å². The third-order valence-electron chi connectivity index (χ3n) is 1.56. The Morgan fingerprint density at radius 2 is 1.73 bits per heavy atom. The molecule has 11 heavy (non-hydrogen) atoms. The van der Waals surface area contributed by atoms with E-state index in [1.54, 1.807) is 0 Å². The first-order valence-electron chi connectivity index (χ1n) is 3.59. The van der Waals surface area contributed by atoms with Crippen LogP contribution in [-0.4, -0.2) is 18.9 Å². The first kappa shape index (κ1) is 10.1. The number of hydrogen-bond donors (Lipinski definition) is 0. The average Bonchev–Trinajstić information content (AvgIpc) is 1.85. The van der Waals surface area contributed by atoms with Gasteiger partial charge in [0.05, 0.1) is 7.11 Å². The van der Waals surface area contributed by atoms with Crippen LogP contribution in [-0.2, 0) is 14.3 Å². The van der Waals surface area contributed by atoms with Crippen molar-refractivity contribution in [3.05, 3.63) is 0 Å². The molecule has 0 saturated heterocycles. The second-order valence-corrected chi connectivity index (χ2v) is 2.86. The highest BCUT2D eigenvalue weighted by molar-refractivity contribution is 5.97. The van der Waals surface area contributed by atoms with Crippen LogP contribution in [0.1, 0.15) is 20.8 Å². The Hall–Kier alpha value is -0.860. The molecule has 0 bridgehead atoms. The molecular weight excluding hydrogens is 144 g/mol. The lowest BCUT2D eigenvalue weighted by Crippen LogP contribution is -2.27. The monoisotopic (exact) mass is 158 g/mol. The molecule has 0 saturated carbocycles. The molecule has 0 fully saturated rings. The van der Waals surface area contributed by atoms with E-state index in [1.165, 1.54) is 14.0 Å². The Labute approximate surface area is 66.7 Å². The van der Waals surface area contributed by atoms with Crippen LogP contribution in [0.5, 0.6) is 0 Å². The maximum absolute atomic E-state index is 11.0. The van der Waals surface area contributed by atoms with Crippen LogP contribution in [0.2, 0.25) is 0 Å². The molecule has 0 rings (SSSR count). The van der Waals surface area contributed by atoms with Crippen molar-refractivity contribution in [2.24, 2.45) is 11.8 Å². The van der Waals surface area contributed by atoms with Crippen LogP contribution >= 0.6 is 0 Å². The molecule has 3 heteroatoms. The van der Waals surface area contributed by atoms with Crippen molar-refractivity contribution >= 4 is 11.8 Å². The lowest BCUT2D eigenvalue weighted by Gasteiger charge is -2.14. The molecule has 0 aromatic carbocycles. The molecule has 0 radical (unpaired) electrons. The third-order valence-corrected chi connectivity index (χ3v) is 1.56.